The van der Waals surface area contributed by atoms with Crippen molar-refractivity contribution in [2.45, 2.75) is 13.1 Å². The fourth-order valence-electron chi connectivity index (χ4n) is 2.66. The van der Waals surface area contributed by atoms with Crippen LogP contribution in [-0.4, -0.2) is 63.7 Å². The highest BCUT2D eigenvalue weighted by molar-refractivity contribution is 5.80. The number of carbonyl (C=O) groups is 1. The summed E-state index contributed by atoms with van der Waals surface area (Å²) in [6.45, 7) is 3.25. The first-order valence-electron chi connectivity index (χ1n) is 8.46. The van der Waals surface area contributed by atoms with Gasteiger partial charge in [-0.1, -0.05) is 0 Å². The van der Waals surface area contributed by atoms with Crippen molar-refractivity contribution in [3.63, 3.8) is 0 Å². The number of nitrogens with zero attached hydrogens (tertiary/aromatic N) is 5. The van der Waals surface area contributed by atoms with Gasteiger partial charge in [0.1, 0.15) is 5.82 Å². The number of aryl methyl sites for hydroxylation is 1. The Morgan fingerprint density at radius 3 is 2.43 bits per heavy atom. The molecule has 28 heavy (non-hydrogen) atoms. The van der Waals surface area contributed by atoms with E-state index in [1.807, 2.05) is 0 Å². The second kappa shape index (κ2) is 7.82. The molecule has 1 saturated heterocycles. The molecule has 0 saturated carbocycles. The van der Waals surface area contributed by atoms with Gasteiger partial charge in [0, 0.05) is 44.1 Å². The van der Waals surface area contributed by atoms with Crippen molar-refractivity contribution in [2.24, 2.45) is 0 Å². The van der Waals surface area contributed by atoms with Gasteiger partial charge in [0.15, 0.2) is 0 Å². The third-order valence-corrected chi connectivity index (χ3v) is 4.29. The van der Waals surface area contributed by atoms with Crippen molar-refractivity contribution in [3.05, 3.63) is 39.9 Å². The van der Waals surface area contributed by atoms with Gasteiger partial charge < -0.3 is 15.1 Å². The van der Waals surface area contributed by atoms with E-state index in [-0.39, 0.29) is 24.0 Å². The lowest BCUT2D eigenvalue weighted by molar-refractivity contribution is -0.138. The fraction of sp³-hybridized carbons (Fsp3) is 0.438. The Bertz CT molecular complexity index is 890. The molecule has 9 nitrogen and oxygen atoms in total. The standard InChI is InChI=1S/C16H18F3N7O2/c1-10-6-12(23-24-14(10)28)20-9-13(27)25-2-4-26(5-3-25)15-21-7-11(8-22-15)16(17,18)19/h6-8H,2-5,9H2,1H3,(H,20,23)(H,24,28). The normalized spacial score (nSPS) is 14.9. The van der Waals surface area contributed by atoms with Crippen LogP contribution in [0.25, 0.3) is 0 Å². The zero-order chi connectivity index (χ0) is 20.3. The summed E-state index contributed by atoms with van der Waals surface area (Å²) in [6, 6.07) is 1.55. The third-order valence-electron chi connectivity index (χ3n) is 4.29. The summed E-state index contributed by atoms with van der Waals surface area (Å²) in [6.07, 6.45) is -2.97. The largest absolute Gasteiger partial charge is 0.419 e. The van der Waals surface area contributed by atoms with Crippen molar-refractivity contribution in [1.82, 2.24) is 25.1 Å². The highest BCUT2D eigenvalue weighted by atomic mass is 19.4. The predicted molar refractivity (Wildman–Crippen MR) is 93.9 cm³/mol. The second-order valence-corrected chi connectivity index (χ2v) is 6.26. The average Bonchev–Trinajstić information content (AvgIpc) is 2.68. The molecular weight excluding hydrogens is 379 g/mol. The molecule has 150 valence electrons. The minimum absolute atomic E-state index is 0.00919. The molecule has 1 aliphatic heterocycles. The van der Waals surface area contributed by atoms with Gasteiger partial charge in [-0.05, 0) is 13.0 Å². The molecule has 1 fully saturated rings. The predicted octanol–water partition coefficient (Wildman–Crippen LogP) is 0.648. The Kier molecular flexibility index (Phi) is 5.47. The first-order chi connectivity index (χ1) is 13.2. The van der Waals surface area contributed by atoms with E-state index in [1.165, 1.54) is 0 Å². The maximum Gasteiger partial charge on any atom is 0.419 e. The molecule has 12 heteroatoms. The fourth-order valence-corrected chi connectivity index (χ4v) is 2.66. The number of halogens is 3. The monoisotopic (exact) mass is 397 g/mol. The Morgan fingerprint density at radius 1 is 1.21 bits per heavy atom. The first kappa shape index (κ1) is 19.6. The van der Waals surface area contributed by atoms with Crippen LogP contribution in [0.4, 0.5) is 24.9 Å². The topological polar surface area (TPSA) is 107 Å². The lowest BCUT2D eigenvalue weighted by Gasteiger charge is -2.34. The molecule has 2 N–H and O–H groups in total. The number of aromatic amines is 1. The van der Waals surface area contributed by atoms with E-state index >= 15 is 0 Å². The van der Waals surface area contributed by atoms with Crippen LogP contribution < -0.4 is 15.8 Å². The Labute approximate surface area is 157 Å². The van der Waals surface area contributed by atoms with Crippen molar-refractivity contribution in [1.29, 1.82) is 0 Å². The molecule has 1 amide bonds. The Morgan fingerprint density at radius 2 is 1.86 bits per heavy atom. The number of rotatable bonds is 4. The third kappa shape index (κ3) is 4.56. The number of hydrogen-bond acceptors (Lipinski definition) is 7. The number of H-pyrrole nitrogens is 1. The average molecular weight is 397 g/mol. The van der Waals surface area contributed by atoms with Crippen LogP contribution in [0.2, 0.25) is 0 Å². The van der Waals surface area contributed by atoms with Gasteiger partial charge >= 0.3 is 6.18 Å². The molecule has 3 heterocycles. The molecule has 2 aromatic heterocycles. The summed E-state index contributed by atoms with van der Waals surface area (Å²) in [5, 5.41) is 8.99. The van der Waals surface area contributed by atoms with Crippen LogP contribution in [0.5, 0.6) is 0 Å². The number of nitrogens with one attached hydrogen (secondary N) is 2. The van der Waals surface area contributed by atoms with Crippen molar-refractivity contribution in [2.75, 3.05) is 42.9 Å². The molecule has 0 aromatic carbocycles. The summed E-state index contributed by atoms with van der Waals surface area (Å²) in [5.41, 5.74) is -0.712. The number of amides is 1. The minimum atomic E-state index is -4.48. The second-order valence-electron chi connectivity index (χ2n) is 6.26. The summed E-state index contributed by atoms with van der Waals surface area (Å²) in [7, 11) is 0. The molecule has 0 aliphatic carbocycles. The minimum Gasteiger partial charge on any atom is -0.360 e. The number of aromatic nitrogens is 4. The van der Waals surface area contributed by atoms with Gasteiger partial charge in [-0.3, -0.25) is 9.59 Å². The highest BCUT2D eigenvalue weighted by Crippen LogP contribution is 2.28. The van der Waals surface area contributed by atoms with Crippen LogP contribution in [-0.2, 0) is 11.0 Å². The summed E-state index contributed by atoms with van der Waals surface area (Å²) >= 11 is 0. The van der Waals surface area contributed by atoms with E-state index in [1.54, 1.807) is 22.8 Å². The lowest BCUT2D eigenvalue weighted by Crippen LogP contribution is -2.50. The van der Waals surface area contributed by atoms with Crippen LogP contribution in [0.1, 0.15) is 11.1 Å². The quantitative estimate of drug-likeness (QED) is 0.780. The van der Waals surface area contributed by atoms with Crippen molar-refractivity contribution < 1.29 is 18.0 Å². The van der Waals surface area contributed by atoms with E-state index in [4.69, 9.17) is 0 Å². The van der Waals surface area contributed by atoms with Crippen LogP contribution >= 0.6 is 0 Å². The highest BCUT2D eigenvalue weighted by Gasteiger charge is 2.32. The Balaban J connectivity index is 1.51. The molecule has 0 bridgehead atoms. The van der Waals surface area contributed by atoms with Gasteiger partial charge in [-0.2, -0.15) is 18.3 Å². The molecule has 0 radical (unpaired) electrons. The van der Waals surface area contributed by atoms with E-state index < -0.39 is 11.7 Å². The number of carbonyl (C=O) groups excluding carboxylic acids is 1. The molecule has 0 atom stereocenters. The van der Waals surface area contributed by atoms with E-state index in [0.717, 1.165) is 12.4 Å². The van der Waals surface area contributed by atoms with E-state index in [0.29, 0.717) is 37.6 Å². The molecule has 0 spiro atoms. The molecule has 2 aromatic rings. The van der Waals surface area contributed by atoms with Crippen LogP contribution in [0, 0.1) is 6.92 Å². The summed E-state index contributed by atoms with van der Waals surface area (Å²) < 4.78 is 37.7. The lowest BCUT2D eigenvalue weighted by atomic mass is 10.3. The summed E-state index contributed by atoms with van der Waals surface area (Å²) in [4.78, 5) is 34.5. The van der Waals surface area contributed by atoms with Crippen LogP contribution in [0.3, 0.4) is 0 Å². The SMILES string of the molecule is Cc1cc(NCC(=O)N2CCN(c3ncc(C(F)(F)F)cn3)CC2)n[nH]c1=O. The maximum absolute atomic E-state index is 12.6. The van der Waals surface area contributed by atoms with Gasteiger partial charge in [0.25, 0.3) is 5.56 Å². The van der Waals surface area contributed by atoms with Gasteiger partial charge in [0.2, 0.25) is 11.9 Å². The molecule has 3 rings (SSSR count). The first-order valence-corrected chi connectivity index (χ1v) is 8.46. The van der Waals surface area contributed by atoms with E-state index in [2.05, 4.69) is 25.5 Å². The zero-order valence-electron chi connectivity index (χ0n) is 15.0. The number of hydrogen-bond donors (Lipinski definition) is 2. The number of anilines is 2. The smallest absolute Gasteiger partial charge is 0.360 e. The van der Waals surface area contributed by atoms with Gasteiger partial charge in [-0.25, -0.2) is 15.1 Å². The maximum atomic E-state index is 12.6. The summed E-state index contributed by atoms with van der Waals surface area (Å²) in [5.74, 6) is 0.437. The van der Waals surface area contributed by atoms with Crippen molar-refractivity contribution in [3.8, 4) is 0 Å². The van der Waals surface area contributed by atoms with Crippen LogP contribution in [0.15, 0.2) is 23.3 Å². The Hall–Kier alpha value is -3.18. The molecular formula is C16H18F3N7O2. The van der Waals surface area contributed by atoms with Crippen molar-refractivity contribution >= 4 is 17.7 Å². The molecule has 0 unspecified atom stereocenters. The van der Waals surface area contributed by atoms with E-state index in [9.17, 15) is 22.8 Å². The van der Waals surface area contributed by atoms with Gasteiger partial charge in [0.05, 0.1) is 12.1 Å². The molecule has 1 aliphatic rings. The number of alkyl halides is 3. The number of piperazine rings is 1. The zero-order valence-corrected chi connectivity index (χ0v) is 15.0. The van der Waals surface area contributed by atoms with Gasteiger partial charge in [-0.15, -0.1) is 0 Å².